The third-order valence-electron chi connectivity index (χ3n) is 3.56. The molecule has 0 amide bonds. The topological polar surface area (TPSA) is 15.3 Å². The maximum atomic E-state index is 6.15. The molecule has 1 unspecified atom stereocenters. The van der Waals surface area contributed by atoms with Gasteiger partial charge in [-0.15, -0.1) is 0 Å². The summed E-state index contributed by atoms with van der Waals surface area (Å²) >= 11 is 9.59. The van der Waals surface area contributed by atoms with Gasteiger partial charge in [0.1, 0.15) is 0 Å². The molecular formula is C14H20BrClN2. The van der Waals surface area contributed by atoms with Gasteiger partial charge in [0.05, 0.1) is 5.02 Å². The molecule has 1 N–H and O–H groups in total. The lowest BCUT2D eigenvalue weighted by atomic mass is 10.0. The van der Waals surface area contributed by atoms with Crippen LogP contribution in [0.5, 0.6) is 0 Å². The van der Waals surface area contributed by atoms with E-state index in [4.69, 9.17) is 11.6 Å². The molecule has 18 heavy (non-hydrogen) atoms. The fraction of sp³-hybridized carbons (Fsp3) is 0.571. The zero-order valence-corrected chi connectivity index (χ0v) is 13.1. The molecule has 0 aliphatic carbocycles. The molecule has 0 aromatic heterocycles. The summed E-state index contributed by atoms with van der Waals surface area (Å²) in [5, 5.41) is 4.10. The van der Waals surface area contributed by atoms with Crippen LogP contribution in [0.15, 0.2) is 22.7 Å². The fourth-order valence-corrected chi connectivity index (χ4v) is 3.06. The molecule has 1 aromatic carbocycles. The van der Waals surface area contributed by atoms with Crippen molar-refractivity contribution >= 4 is 27.5 Å². The lowest BCUT2D eigenvalue weighted by Gasteiger charge is -2.35. The molecule has 0 spiro atoms. The zero-order valence-electron chi connectivity index (χ0n) is 10.8. The number of halogens is 2. The number of hydrogen-bond donors (Lipinski definition) is 1. The van der Waals surface area contributed by atoms with Crippen LogP contribution in [-0.2, 0) is 6.54 Å². The van der Waals surface area contributed by atoms with Crippen molar-refractivity contribution in [2.24, 2.45) is 0 Å². The first-order valence-electron chi connectivity index (χ1n) is 6.53. The largest absolute Gasteiger partial charge is 0.318 e. The fourth-order valence-electron chi connectivity index (χ4n) is 2.61. The Morgan fingerprint density at radius 3 is 3.00 bits per heavy atom. The number of likely N-dealkylation sites (tertiary alicyclic amines) is 1. The van der Waals surface area contributed by atoms with Crippen molar-refractivity contribution in [3.8, 4) is 0 Å². The average molecular weight is 332 g/mol. The normalized spacial score (nSPS) is 21.2. The van der Waals surface area contributed by atoms with Crippen molar-refractivity contribution in [2.75, 3.05) is 20.1 Å². The van der Waals surface area contributed by atoms with E-state index in [2.05, 4.69) is 38.3 Å². The van der Waals surface area contributed by atoms with Gasteiger partial charge in [0.25, 0.3) is 0 Å². The molecule has 4 heteroatoms. The Kier molecular flexibility index (Phi) is 5.49. The molecule has 1 aliphatic rings. The molecule has 1 fully saturated rings. The lowest BCUT2D eigenvalue weighted by Crippen LogP contribution is -2.44. The highest BCUT2D eigenvalue weighted by Gasteiger charge is 2.21. The Hall–Kier alpha value is -0.0900. The molecule has 0 bridgehead atoms. The van der Waals surface area contributed by atoms with E-state index >= 15 is 0 Å². The Balaban J connectivity index is 2.03. The molecular weight excluding hydrogens is 312 g/mol. The first kappa shape index (κ1) is 14.3. The Morgan fingerprint density at radius 2 is 2.28 bits per heavy atom. The van der Waals surface area contributed by atoms with Crippen LogP contribution in [0.3, 0.4) is 0 Å². The molecule has 1 saturated heterocycles. The van der Waals surface area contributed by atoms with Crippen LogP contribution >= 0.6 is 27.5 Å². The average Bonchev–Trinajstić information content (AvgIpc) is 2.37. The van der Waals surface area contributed by atoms with E-state index in [9.17, 15) is 0 Å². The summed E-state index contributed by atoms with van der Waals surface area (Å²) in [6.45, 7) is 3.27. The number of nitrogens with zero attached hydrogens (tertiary/aromatic N) is 1. The number of nitrogens with one attached hydrogen (secondary N) is 1. The number of benzene rings is 1. The van der Waals surface area contributed by atoms with Crippen LogP contribution in [0.2, 0.25) is 5.02 Å². The van der Waals surface area contributed by atoms with Gasteiger partial charge in [-0.25, -0.2) is 0 Å². The highest BCUT2D eigenvalue weighted by atomic mass is 79.9. The Labute approximate surface area is 123 Å². The van der Waals surface area contributed by atoms with Gasteiger partial charge in [-0.3, -0.25) is 4.90 Å². The zero-order chi connectivity index (χ0) is 13.0. The lowest BCUT2D eigenvalue weighted by molar-refractivity contribution is 0.139. The standard InChI is InChI=1S/C14H20BrClN2/c1-17-9-12-4-2-3-7-18(12)10-11-5-6-13(15)14(16)8-11/h5-6,8,12,17H,2-4,7,9-10H2,1H3. The van der Waals surface area contributed by atoms with Gasteiger partial charge in [-0.05, 0) is 60.1 Å². The highest BCUT2D eigenvalue weighted by Crippen LogP contribution is 2.25. The third kappa shape index (κ3) is 3.70. The van der Waals surface area contributed by atoms with Crippen molar-refractivity contribution in [2.45, 2.75) is 31.8 Å². The minimum atomic E-state index is 0.658. The number of likely N-dealkylation sites (N-methyl/N-ethyl adjacent to an activating group) is 1. The second-order valence-corrected chi connectivity index (χ2v) is 6.19. The molecule has 1 aliphatic heterocycles. The maximum absolute atomic E-state index is 6.15. The SMILES string of the molecule is CNCC1CCCCN1Cc1ccc(Br)c(Cl)c1. The van der Waals surface area contributed by atoms with Gasteiger partial charge in [0.15, 0.2) is 0 Å². The van der Waals surface area contributed by atoms with Crippen molar-refractivity contribution in [1.82, 2.24) is 10.2 Å². The van der Waals surface area contributed by atoms with E-state index in [0.717, 1.165) is 22.6 Å². The molecule has 2 rings (SSSR count). The second-order valence-electron chi connectivity index (χ2n) is 4.93. The van der Waals surface area contributed by atoms with Crippen molar-refractivity contribution in [3.63, 3.8) is 0 Å². The molecule has 2 nitrogen and oxygen atoms in total. The summed E-state index contributed by atoms with van der Waals surface area (Å²) in [4.78, 5) is 2.57. The van der Waals surface area contributed by atoms with Gasteiger partial charge < -0.3 is 5.32 Å². The predicted molar refractivity (Wildman–Crippen MR) is 81.1 cm³/mol. The quantitative estimate of drug-likeness (QED) is 0.905. The Morgan fingerprint density at radius 1 is 1.44 bits per heavy atom. The van der Waals surface area contributed by atoms with Crippen molar-refractivity contribution < 1.29 is 0 Å². The van der Waals surface area contributed by atoms with Crippen LogP contribution in [0, 0.1) is 0 Å². The summed E-state index contributed by atoms with van der Waals surface area (Å²) in [6, 6.07) is 6.91. The number of rotatable bonds is 4. The summed E-state index contributed by atoms with van der Waals surface area (Å²) in [7, 11) is 2.03. The second kappa shape index (κ2) is 6.90. The smallest absolute Gasteiger partial charge is 0.0551 e. The summed E-state index contributed by atoms with van der Waals surface area (Å²) in [6.07, 6.45) is 3.96. The molecule has 0 radical (unpaired) electrons. The molecule has 1 atom stereocenters. The third-order valence-corrected chi connectivity index (χ3v) is 4.79. The van der Waals surface area contributed by atoms with Gasteiger partial charge in [0.2, 0.25) is 0 Å². The molecule has 0 saturated carbocycles. The monoisotopic (exact) mass is 330 g/mol. The van der Waals surface area contributed by atoms with Gasteiger partial charge in [-0.1, -0.05) is 24.1 Å². The van der Waals surface area contributed by atoms with E-state index in [-0.39, 0.29) is 0 Å². The van der Waals surface area contributed by atoms with Crippen LogP contribution in [0.4, 0.5) is 0 Å². The number of piperidine rings is 1. The van der Waals surface area contributed by atoms with E-state index < -0.39 is 0 Å². The molecule has 100 valence electrons. The van der Waals surface area contributed by atoms with Crippen molar-refractivity contribution in [3.05, 3.63) is 33.3 Å². The van der Waals surface area contributed by atoms with Gasteiger partial charge in [-0.2, -0.15) is 0 Å². The molecule has 1 aromatic rings. The van der Waals surface area contributed by atoms with Crippen LogP contribution in [0.25, 0.3) is 0 Å². The van der Waals surface area contributed by atoms with Gasteiger partial charge in [0, 0.05) is 23.6 Å². The van der Waals surface area contributed by atoms with Crippen LogP contribution in [0.1, 0.15) is 24.8 Å². The van der Waals surface area contributed by atoms with Crippen LogP contribution < -0.4 is 5.32 Å². The van der Waals surface area contributed by atoms with Crippen molar-refractivity contribution in [1.29, 1.82) is 0 Å². The number of hydrogen-bond acceptors (Lipinski definition) is 2. The summed E-state index contributed by atoms with van der Waals surface area (Å²) in [5.41, 5.74) is 1.30. The van der Waals surface area contributed by atoms with E-state index in [1.807, 2.05) is 13.1 Å². The molecule has 1 heterocycles. The predicted octanol–water partition coefficient (Wildman–Crippen LogP) is 3.68. The minimum absolute atomic E-state index is 0.658. The summed E-state index contributed by atoms with van der Waals surface area (Å²) in [5.74, 6) is 0. The Bertz CT molecular complexity index is 395. The maximum Gasteiger partial charge on any atom is 0.0551 e. The summed E-state index contributed by atoms with van der Waals surface area (Å²) < 4.78 is 0.971. The minimum Gasteiger partial charge on any atom is -0.318 e. The van der Waals surface area contributed by atoms with Gasteiger partial charge >= 0.3 is 0 Å². The van der Waals surface area contributed by atoms with Crippen LogP contribution in [-0.4, -0.2) is 31.1 Å². The highest BCUT2D eigenvalue weighted by molar-refractivity contribution is 9.10. The van der Waals surface area contributed by atoms with E-state index in [1.54, 1.807) is 0 Å². The van der Waals surface area contributed by atoms with E-state index in [0.29, 0.717) is 6.04 Å². The van der Waals surface area contributed by atoms with E-state index in [1.165, 1.54) is 31.4 Å². The first-order chi connectivity index (χ1) is 8.70. The first-order valence-corrected chi connectivity index (χ1v) is 7.70.